The SMILES string of the molecule is CC(C)CC(C)Oc1ccncc1CNC(C)C. The Labute approximate surface area is 111 Å². The maximum Gasteiger partial charge on any atom is 0.127 e. The molecule has 1 aromatic heterocycles. The number of pyridine rings is 1. The summed E-state index contributed by atoms with van der Waals surface area (Å²) in [6.45, 7) is 11.6. The smallest absolute Gasteiger partial charge is 0.127 e. The summed E-state index contributed by atoms with van der Waals surface area (Å²) in [6.07, 6.45) is 4.98. The van der Waals surface area contributed by atoms with Gasteiger partial charge in [0.15, 0.2) is 0 Å². The minimum Gasteiger partial charge on any atom is -0.490 e. The maximum absolute atomic E-state index is 6.01. The monoisotopic (exact) mass is 250 g/mol. The first kappa shape index (κ1) is 15.0. The van der Waals surface area contributed by atoms with E-state index in [1.54, 1.807) is 6.20 Å². The van der Waals surface area contributed by atoms with Gasteiger partial charge in [0.25, 0.3) is 0 Å². The molecule has 0 aliphatic heterocycles. The Balaban J connectivity index is 2.63. The lowest BCUT2D eigenvalue weighted by Crippen LogP contribution is -2.23. The molecule has 1 unspecified atom stereocenters. The summed E-state index contributed by atoms with van der Waals surface area (Å²) < 4.78 is 6.01. The number of rotatable bonds is 7. The Morgan fingerprint density at radius 3 is 2.56 bits per heavy atom. The van der Waals surface area contributed by atoms with Crippen molar-refractivity contribution in [1.82, 2.24) is 10.3 Å². The molecular weight excluding hydrogens is 224 g/mol. The molecule has 1 N–H and O–H groups in total. The lowest BCUT2D eigenvalue weighted by atomic mass is 10.1. The highest BCUT2D eigenvalue weighted by Gasteiger charge is 2.10. The molecule has 1 rings (SSSR count). The molecular formula is C15H26N2O. The van der Waals surface area contributed by atoms with E-state index in [0.717, 1.165) is 24.3 Å². The first-order chi connectivity index (χ1) is 8.49. The van der Waals surface area contributed by atoms with E-state index in [1.807, 2.05) is 12.3 Å². The molecule has 0 saturated carbocycles. The molecule has 1 atom stereocenters. The van der Waals surface area contributed by atoms with Crippen LogP contribution in [0.3, 0.4) is 0 Å². The summed E-state index contributed by atoms with van der Waals surface area (Å²) in [5.41, 5.74) is 1.13. The standard InChI is InChI=1S/C15H26N2O/c1-11(2)8-13(5)18-15-6-7-16-9-14(15)10-17-12(3)4/h6-7,9,11-13,17H,8,10H2,1-5H3. The molecule has 3 heteroatoms. The molecule has 1 heterocycles. The van der Waals surface area contributed by atoms with Crippen molar-refractivity contribution in [2.75, 3.05) is 0 Å². The average molecular weight is 250 g/mol. The van der Waals surface area contributed by atoms with Gasteiger partial charge in [-0.05, 0) is 25.3 Å². The van der Waals surface area contributed by atoms with Gasteiger partial charge < -0.3 is 10.1 Å². The summed E-state index contributed by atoms with van der Waals surface area (Å²) in [4.78, 5) is 4.17. The summed E-state index contributed by atoms with van der Waals surface area (Å²) in [7, 11) is 0. The van der Waals surface area contributed by atoms with Crippen LogP contribution in [0.5, 0.6) is 5.75 Å². The number of hydrogen-bond acceptors (Lipinski definition) is 3. The minimum absolute atomic E-state index is 0.241. The van der Waals surface area contributed by atoms with Gasteiger partial charge in [-0.3, -0.25) is 4.98 Å². The number of hydrogen-bond donors (Lipinski definition) is 1. The van der Waals surface area contributed by atoms with Crippen LogP contribution in [0.15, 0.2) is 18.5 Å². The Kier molecular flexibility index (Phi) is 6.13. The number of aromatic nitrogens is 1. The Morgan fingerprint density at radius 1 is 1.22 bits per heavy atom. The molecule has 0 saturated heterocycles. The van der Waals surface area contributed by atoms with E-state index in [4.69, 9.17) is 4.74 Å². The zero-order chi connectivity index (χ0) is 13.5. The second kappa shape index (κ2) is 7.37. The third-order valence-electron chi connectivity index (χ3n) is 2.69. The molecule has 0 aromatic carbocycles. The molecule has 0 fully saturated rings. The van der Waals surface area contributed by atoms with E-state index in [-0.39, 0.29) is 6.10 Å². The molecule has 0 amide bonds. The van der Waals surface area contributed by atoms with Gasteiger partial charge in [-0.2, -0.15) is 0 Å². The van der Waals surface area contributed by atoms with Crippen LogP contribution < -0.4 is 10.1 Å². The zero-order valence-electron chi connectivity index (χ0n) is 12.2. The van der Waals surface area contributed by atoms with Crippen LogP contribution in [0.1, 0.15) is 46.6 Å². The van der Waals surface area contributed by atoms with E-state index < -0.39 is 0 Å². The zero-order valence-corrected chi connectivity index (χ0v) is 12.2. The van der Waals surface area contributed by atoms with Crippen LogP contribution >= 0.6 is 0 Å². The minimum atomic E-state index is 0.241. The second-order valence-corrected chi connectivity index (χ2v) is 5.58. The molecule has 1 aromatic rings. The molecule has 0 aliphatic carbocycles. The van der Waals surface area contributed by atoms with Crippen molar-refractivity contribution in [1.29, 1.82) is 0 Å². The summed E-state index contributed by atoms with van der Waals surface area (Å²) in [5.74, 6) is 1.60. The second-order valence-electron chi connectivity index (χ2n) is 5.58. The van der Waals surface area contributed by atoms with Crippen molar-refractivity contribution in [3.63, 3.8) is 0 Å². The molecule has 0 aliphatic rings. The van der Waals surface area contributed by atoms with Crippen molar-refractivity contribution in [3.05, 3.63) is 24.0 Å². The predicted octanol–water partition coefficient (Wildman–Crippen LogP) is 3.39. The van der Waals surface area contributed by atoms with Crippen LogP contribution in [-0.4, -0.2) is 17.1 Å². The molecule has 0 bridgehead atoms. The van der Waals surface area contributed by atoms with Gasteiger partial charge >= 0.3 is 0 Å². The van der Waals surface area contributed by atoms with Crippen LogP contribution in [0, 0.1) is 5.92 Å². The van der Waals surface area contributed by atoms with E-state index in [0.29, 0.717) is 12.0 Å². The van der Waals surface area contributed by atoms with Crippen molar-refractivity contribution in [3.8, 4) is 5.75 Å². The topological polar surface area (TPSA) is 34.1 Å². The van der Waals surface area contributed by atoms with Gasteiger partial charge in [0.2, 0.25) is 0 Å². The van der Waals surface area contributed by atoms with Crippen LogP contribution in [0.25, 0.3) is 0 Å². The van der Waals surface area contributed by atoms with Crippen molar-refractivity contribution in [2.45, 2.75) is 59.7 Å². The number of ether oxygens (including phenoxy) is 1. The lowest BCUT2D eigenvalue weighted by Gasteiger charge is -2.19. The van der Waals surface area contributed by atoms with E-state index in [2.05, 4.69) is 44.9 Å². The first-order valence-corrected chi connectivity index (χ1v) is 6.82. The maximum atomic E-state index is 6.01. The lowest BCUT2D eigenvalue weighted by molar-refractivity contribution is 0.191. The van der Waals surface area contributed by atoms with Gasteiger partial charge in [-0.15, -0.1) is 0 Å². The summed E-state index contributed by atoms with van der Waals surface area (Å²) >= 11 is 0. The van der Waals surface area contributed by atoms with Gasteiger partial charge in [0.05, 0.1) is 6.10 Å². The van der Waals surface area contributed by atoms with Gasteiger partial charge in [0, 0.05) is 30.5 Å². The fourth-order valence-electron chi connectivity index (χ4n) is 1.90. The molecule has 18 heavy (non-hydrogen) atoms. The average Bonchev–Trinajstić information content (AvgIpc) is 2.26. The fourth-order valence-corrected chi connectivity index (χ4v) is 1.90. The van der Waals surface area contributed by atoms with Crippen molar-refractivity contribution < 1.29 is 4.74 Å². The quantitative estimate of drug-likeness (QED) is 0.805. The van der Waals surface area contributed by atoms with E-state index >= 15 is 0 Å². The Hall–Kier alpha value is -1.09. The summed E-state index contributed by atoms with van der Waals surface area (Å²) in [6, 6.07) is 2.42. The van der Waals surface area contributed by atoms with Crippen molar-refractivity contribution in [2.24, 2.45) is 5.92 Å². The Bertz CT molecular complexity index is 350. The van der Waals surface area contributed by atoms with E-state index in [9.17, 15) is 0 Å². The molecule has 3 nitrogen and oxygen atoms in total. The third kappa shape index (κ3) is 5.50. The Morgan fingerprint density at radius 2 is 1.94 bits per heavy atom. The van der Waals surface area contributed by atoms with E-state index in [1.165, 1.54) is 0 Å². The van der Waals surface area contributed by atoms with Gasteiger partial charge in [-0.25, -0.2) is 0 Å². The van der Waals surface area contributed by atoms with Crippen LogP contribution in [0.2, 0.25) is 0 Å². The highest BCUT2D eigenvalue weighted by molar-refractivity contribution is 5.30. The molecule has 0 spiro atoms. The first-order valence-electron chi connectivity index (χ1n) is 6.82. The van der Waals surface area contributed by atoms with Crippen LogP contribution in [-0.2, 0) is 6.54 Å². The normalized spacial score (nSPS) is 13.1. The highest BCUT2D eigenvalue weighted by atomic mass is 16.5. The van der Waals surface area contributed by atoms with Crippen molar-refractivity contribution >= 4 is 0 Å². The fraction of sp³-hybridized carbons (Fsp3) is 0.667. The largest absolute Gasteiger partial charge is 0.490 e. The number of nitrogens with zero attached hydrogens (tertiary/aromatic N) is 1. The number of nitrogens with one attached hydrogen (secondary N) is 1. The van der Waals surface area contributed by atoms with Gasteiger partial charge in [-0.1, -0.05) is 27.7 Å². The highest BCUT2D eigenvalue weighted by Crippen LogP contribution is 2.20. The molecule has 102 valence electrons. The predicted molar refractivity (Wildman–Crippen MR) is 75.8 cm³/mol. The molecule has 0 radical (unpaired) electrons. The van der Waals surface area contributed by atoms with Crippen LogP contribution in [0.4, 0.5) is 0 Å². The van der Waals surface area contributed by atoms with Gasteiger partial charge in [0.1, 0.15) is 5.75 Å². The third-order valence-corrected chi connectivity index (χ3v) is 2.69. The summed E-state index contributed by atoms with van der Waals surface area (Å²) in [5, 5.41) is 3.40.